The standard InChI is InChI=1S/C53H38N4/c1-3-16-48-43(4-2)53(46-25-15-23-41-40-22-12-14-26-47(40)57(48)49(41)46)44-24-13-11-21-39(44)42-33-38(31-32-45(42)53)34-27-29-37(30-28-34)52-55-50(35-17-7-5-8-18-35)54-51(56-52)36-19-9-6-10-20-36/h3-33,43,48H,2H2,1H3/b16-3-. The highest BCUT2D eigenvalue weighted by atomic mass is 15.0. The molecule has 11 rings (SSSR count). The Morgan fingerprint density at radius 2 is 1.05 bits per heavy atom. The molecule has 3 unspecified atom stereocenters. The lowest BCUT2D eigenvalue weighted by atomic mass is 9.60. The second-order valence-electron chi connectivity index (χ2n) is 15.1. The van der Waals surface area contributed by atoms with E-state index in [1.165, 1.54) is 55.2 Å². The average molecular weight is 731 g/mol. The molecule has 0 amide bonds. The van der Waals surface area contributed by atoms with E-state index in [1.54, 1.807) is 0 Å². The average Bonchev–Trinajstić information content (AvgIpc) is 3.77. The van der Waals surface area contributed by atoms with Crippen molar-refractivity contribution >= 4 is 21.8 Å². The van der Waals surface area contributed by atoms with E-state index in [4.69, 9.17) is 15.0 Å². The van der Waals surface area contributed by atoms with E-state index in [2.05, 4.69) is 145 Å². The number of rotatable bonds is 6. The van der Waals surface area contributed by atoms with Gasteiger partial charge in [0.1, 0.15) is 0 Å². The maximum atomic E-state index is 4.97. The molecule has 0 bridgehead atoms. The molecule has 2 aliphatic rings. The van der Waals surface area contributed by atoms with Crippen molar-refractivity contribution in [1.82, 2.24) is 19.5 Å². The molecule has 0 saturated heterocycles. The van der Waals surface area contributed by atoms with E-state index in [1.807, 2.05) is 60.7 Å². The molecular formula is C53H38N4. The summed E-state index contributed by atoms with van der Waals surface area (Å²) in [5.74, 6) is 2.03. The van der Waals surface area contributed by atoms with Crippen LogP contribution in [0.2, 0.25) is 0 Å². The first-order valence-corrected chi connectivity index (χ1v) is 19.7. The SMILES string of the molecule is C=CC1C(/C=C\C)n2c3ccccc3c3cccc(c32)C12c1ccccc1-c1cc(-c3ccc(-c4nc(-c5ccccc5)nc(-c5ccccc5)n4)cc3)ccc12. The van der Waals surface area contributed by atoms with Crippen molar-refractivity contribution < 1.29 is 0 Å². The van der Waals surface area contributed by atoms with Gasteiger partial charge in [0.25, 0.3) is 0 Å². The van der Waals surface area contributed by atoms with Gasteiger partial charge in [-0.2, -0.15) is 0 Å². The lowest BCUT2D eigenvalue weighted by Gasteiger charge is -2.47. The summed E-state index contributed by atoms with van der Waals surface area (Å²) in [6.07, 6.45) is 6.80. The third-order valence-electron chi connectivity index (χ3n) is 12.2. The first kappa shape index (κ1) is 33.2. The van der Waals surface area contributed by atoms with E-state index in [0.717, 1.165) is 22.3 Å². The predicted octanol–water partition coefficient (Wildman–Crippen LogP) is 12.9. The molecular weight excluding hydrogens is 693 g/mol. The Morgan fingerprint density at radius 3 is 1.74 bits per heavy atom. The van der Waals surface area contributed by atoms with E-state index < -0.39 is 5.41 Å². The number of hydrogen-bond donors (Lipinski definition) is 0. The van der Waals surface area contributed by atoms with Crippen molar-refractivity contribution in [2.45, 2.75) is 18.4 Å². The van der Waals surface area contributed by atoms with Gasteiger partial charge in [0.2, 0.25) is 0 Å². The van der Waals surface area contributed by atoms with Crippen LogP contribution in [0.15, 0.2) is 195 Å². The van der Waals surface area contributed by atoms with Crippen molar-refractivity contribution in [3.05, 3.63) is 211 Å². The van der Waals surface area contributed by atoms with Crippen LogP contribution < -0.4 is 0 Å². The molecule has 1 spiro atoms. The number of hydrogen-bond acceptors (Lipinski definition) is 3. The first-order valence-electron chi connectivity index (χ1n) is 19.7. The van der Waals surface area contributed by atoms with Gasteiger partial charge in [-0.05, 0) is 58.0 Å². The number of fused-ring (bicyclic) bond motifs is 9. The van der Waals surface area contributed by atoms with Crippen molar-refractivity contribution in [1.29, 1.82) is 0 Å². The number of allylic oxidation sites excluding steroid dienone is 3. The number of para-hydroxylation sites is 2. The van der Waals surface area contributed by atoms with Crippen LogP contribution >= 0.6 is 0 Å². The van der Waals surface area contributed by atoms with Gasteiger partial charge in [0.05, 0.1) is 17.0 Å². The Bertz CT molecular complexity index is 2990. The lowest BCUT2D eigenvalue weighted by molar-refractivity contribution is 0.347. The number of benzene rings is 7. The van der Waals surface area contributed by atoms with Crippen LogP contribution in [0.3, 0.4) is 0 Å². The summed E-state index contributed by atoms with van der Waals surface area (Å²) < 4.78 is 2.58. The number of nitrogens with zero attached hydrogens (tertiary/aromatic N) is 4. The smallest absolute Gasteiger partial charge is 0.164 e. The molecule has 3 heterocycles. The summed E-state index contributed by atoms with van der Waals surface area (Å²) in [6, 6.07) is 60.9. The molecule has 4 heteroatoms. The van der Waals surface area contributed by atoms with Crippen molar-refractivity contribution in [3.8, 4) is 56.4 Å². The zero-order valence-electron chi connectivity index (χ0n) is 31.5. The third-order valence-corrected chi connectivity index (χ3v) is 12.2. The Hall–Kier alpha value is -7.17. The molecule has 0 fully saturated rings. The van der Waals surface area contributed by atoms with E-state index in [0.29, 0.717) is 17.5 Å². The van der Waals surface area contributed by atoms with Crippen LogP contribution in [-0.2, 0) is 5.41 Å². The maximum Gasteiger partial charge on any atom is 0.164 e. The van der Waals surface area contributed by atoms with Crippen LogP contribution in [0.5, 0.6) is 0 Å². The van der Waals surface area contributed by atoms with E-state index in [-0.39, 0.29) is 12.0 Å². The highest BCUT2D eigenvalue weighted by Gasteiger charge is 2.55. The summed E-state index contributed by atoms with van der Waals surface area (Å²) in [6.45, 7) is 6.70. The van der Waals surface area contributed by atoms with Gasteiger partial charge in [-0.3, -0.25) is 0 Å². The second-order valence-corrected chi connectivity index (χ2v) is 15.1. The summed E-state index contributed by atoms with van der Waals surface area (Å²) in [5, 5.41) is 2.59. The monoisotopic (exact) mass is 730 g/mol. The van der Waals surface area contributed by atoms with Crippen LogP contribution in [0.1, 0.15) is 29.7 Å². The Labute approximate surface area is 332 Å². The zero-order chi connectivity index (χ0) is 38.1. The van der Waals surface area contributed by atoms with Crippen LogP contribution in [0.4, 0.5) is 0 Å². The zero-order valence-corrected chi connectivity index (χ0v) is 31.5. The van der Waals surface area contributed by atoms with Crippen LogP contribution in [-0.4, -0.2) is 19.5 Å². The first-order chi connectivity index (χ1) is 28.2. The quantitative estimate of drug-likeness (QED) is 0.160. The van der Waals surface area contributed by atoms with Crippen LogP contribution in [0.25, 0.3) is 78.2 Å². The maximum absolute atomic E-state index is 4.97. The summed E-state index contributed by atoms with van der Waals surface area (Å²) >= 11 is 0. The fourth-order valence-electron chi connectivity index (χ4n) is 9.89. The third kappa shape index (κ3) is 4.83. The Kier molecular flexibility index (Phi) is 7.55. The predicted molar refractivity (Wildman–Crippen MR) is 234 cm³/mol. The molecule has 0 N–H and O–H groups in total. The molecule has 57 heavy (non-hydrogen) atoms. The van der Waals surface area contributed by atoms with E-state index in [9.17, 15) is 0 Å². The van der Waals surface area contributed by atoms with Gasteiger partial charge >= 0.3 is 0 Å². The Morgan fingerprint density at radius 1 is 0.509 bits per heavy atom. The van der Waals surface area contributed by atoms with Gasteiger partial charge in [-0.1, -0.05) is 176 Å². The Balaban J connectivity index is 1.06. The highest BCUT2D eigenvalue weighted by Crippen LogP contribution is 2.63. The van der Waals surface area contributed by atoms with Gasteiger partial charge in [-0.15, -0.1) is 6.58 Å². The minimum absolute atomic E-state index is 0.0667. The van der Waals surface area contributed by atoms with Crippen molar-refractivity contribution in [2.24, 2.45) is 5.92 Å². The van der Waals surface area contributed by atoms with E-state index >= 15 is 0 Å². The summed E-state index contributed by atoms with van der Waals surface area (Å²) in [7, 11) is 0. The molecule has 2 aromatic heterocycles. The topological polar surface area (TPSA) is 43.6 Å². The van der Waals surface area contributed by atoms with Gasteiger partial charge in [0, 0.05) is 38.9 Å². The van der Waals surface area contributed by atoms with Crippen molar-refractivity contribution in [3.63, 3.8) is 0 Å². The van der Waals surface area contributed by atoms with Crippen molar-refractivity contribution in [2.75, 3.05) is 0 Å². The molecule has 9 aromatic rings. The van der Waals surface area contributed by atoms with Gasteiger partial charge < -0.3 is 4.57 Å². The summed E-state index contributed by atoms with van der Waals surface area (Å²) in [5.41, 5.74) is 13.9. The summed E-state index contributed by atoms with van der Waals surface area (Å²) in [4.78, 5) is 14.8. The molecule has 7 aromatic carbocycles. The minimum atomic E-state index is -0.421. The normalized spacial score (nSPS) is 18.0. The molecule has 270 valence electrons. The molecule has 1 aliphatic heterocycles. The molecule has 0 radical (unpaired) electrons. The largest absolute Gasteiger partial charge is 0.333 e. The molecule has 4 nitrogen and oxygen atoms in total. The van der Waals surface area contributed by atoms with Crippen LogP contribution in [0, 0.1) is 5.92 Å². The molecule has 3 atom stereocenters. The van der Waals surface area contributed by atoms with Gasteiger partial charge in [-0.25, -0.2) is 15.0 Å². The highest BCUT2D eigenvalue weighted by molar-refractivity contribution is 6.11. The lowest BCUT2D eigenvalue weighted by Crippen LogP contribution is -2.43. The van der Waals surface area contributed by atoms with Gasteiger partial charge in [0.15, 0.2) is 17.5 Å². The fourth-order valence-corrected chi connectivity index (χ4v) is 9.89. The second kappa shape index (κ2) is 13.0. The molecule has 1 aliphatic carbocycles. The minimum Gasteiger partial charge on any atom is -0.333 e. The number of aromatic nitrogens is 4. The molecule has 0 saturated carbocycles. The fraction of sp³-hybridized carbons (Fsp3) is 0.0755.